The van der Waals surface area contributed by atoms with Crippen molar-refractivity contribution in [2.24, 2.45) is 0 Å². The van der Waals surface area contributed by atoms with Gasteiger partial charge in [-0.15, -0.1) is 0 Å². The Kier molecular flexibility index (Phi) is 47.4. The summed E-state index contributed by atoms with van der Waals surface area (Å²) < 4.78 is 33.3. The number of unbranched alkanes of at least 4 members (excludes halogenated alkanes) is 25. The highest BCUT2D eigenvalue weighted by Crippen LogP contribution is 2.21. The average Bonchev–Trinajstić information content (AvgIpc) is 3.36. The highest BCUT2D eigenvalue weighted by atomic mass is 16.6. The molecule has 4 unspecified atom stereocenters. The van der Waals surface area contributed by atoms with Gasteiger partial charge in [0.2, 0.25) is 0 Å². The van der Waals surface area contributed by atoms with Gasteiger partial charge < -0.3 is 47.6 Å². The first kappa shape index (κ1) is 74.7. The number of quaternary nitrogens is 2. The molecule has 2 N–H and O–H groups in total. The van der Waals surface area contributed by atoms with E-state index >= 15 is 0 Å². The number of hydrogen-bond donors (Lipinski definition) is 2. The molecule has 0 aliphatic heterocycles. The highest BCUT2D eigenvalue weighted by molar-refractivity contribution is 5.71. The zero-order valence-corrected chi connectivity index (χ0v) is 51.1. The van der Waals surface area contributed by atoms with E-state index in [1.165, 1.54) is 13.8 Å². The van der Waals surface area contributed by atoms with Gasteiger partial charge in [0.05, 0.1) is 53.6 Å². The molecule has 0 aliphatic rings. The molecule has 0 radical (unpaired) electrons. The molecule has 0 aromatic carbocycles. The van der Waals surface area contributed by atoms with Crippen molar-refractivity contribution in [1.82, 2.24) is 0 Å². The molecule has 458 valence electrons. The Morgan fingerprint density at radius 1 is 0.346 bits per heavy atom. The molecule has 0 aromatic rings. The summed E-state index contributed by atoms with van der Waals surface area (Å²) in [6.45, 7) is 9.76. The van der Waals surface area contributed by atoms with Crippen LogP contribution < -0.4 is 0 Å². The van der Waals surface area contributed by atoms with Gasteiger partial charge in [0, 0.05) is 26.7 Å². The fourth-order valence-electron chi connectivity index (χ4n) is 9.51. The monoisotopic (exact) mass is 1110 g/mol. The number of esters is 6. The zero-order chi connectivity index (χ0) is 58.1. The largest absolute Gasteiger partial charge is 0.466 e. The third-order valence-electron chi connectivity index (χ3n) is 14.6. The summed E-state index contributed by atoms with van der Waals surface area (Å²) in [5, 5.41) is 21.9. The number of nitrogens with zero attached hydrogens (tertiary/aromatic N) is 2. The molecule has 78 heavy (non-hydrogen) atoms. The van der Waals surface area contributed by atoms with Crippen LogP contribution in [0.5, 0.6) is 0 Å². The second kappa shape index (κ2) is 49.5. The molecule has 0 fully saturated rings. The van der Waals surface area contributed by atoms with Crippen LogP contribution in [0.3, 0.4) is 0 Å². The predicted octanol–water partition coefficient (Wildman–Crippen LogP) is 12.0. The third kappa shape index (κ3) is 48.6. The van der Waals surface area contributed by atoms with Crippen molar-refractivity contribution in [1.29, 1.82) is 0 Å². The van der Waals surface area contributed by atoms with Gasteiger partial charge in [0.25, 0.3) is 0 Å². The van der Waals surface area contributed by atoms with Crippen molar-refractivity contribution in [3.63, 3.8) is 0 Å². The maximum absolute atomic E-state index is 12.8. The Morgan fingerprint density at radius 2 is 0.628 bits per heavy atom. The molecule has 0 saturated heterocycles. The number of aliphatic hydroxyl groups is 2. The van der Waals surface area contributed by atoms with Crippen LogP contribution in [0, 0.1) is 0 Å². The van der Waals surface area contributed by atoms with E-state index in [9.17, 15) is 39.0 Å². The SMILES string of the molecule is CCCCCC(OC(=O)C[N+](C)(C)CCOC(C)=O)C(O)CCCCCCCCCCC(=O)OCCCCCCCCCCOC(=O)CCCCCCCCCCC(O)C(CCCCC)OC(=O)C[N+](C)(C)CCOC(C)=O. The Balaban J connectivity index is 3.82. The first-order valence-electron chi connectivity index (χ1n) is 31.3. The molecule has 0 heterocycles. The van der Waals surface area contributed by atoms with E-state index in [1.807, 2.05) is 28.2 Å². The van der Waals surface area contributed by atoms with E-state index in [0.29, 0.717) is 73.8 Å². The molecule has 0 aromatic heterocycles. The van der Waals surface area contributed by atoms with Crippen molar-refractivity contribution in [3.05, 3.63) is 0 Å². The molecule has 4 atom stereocenters. The number of rotatable bonds is 55. The summed E-state index contributed by atoms with van der Waals surface area (Å²) in [5.74, 6) is -1.55. The molecule has 0 saturated carbocycles. The van der Waals surface area contributed by atoms with Crippen LogP contribution >= 0.6 is 0 Å². The Bertz CT molecular complexity index is 1420. The topological polar surface area (TPSA) is 198 Å². The van der Waals surface area contributed by atoms with Crippen LogP contribution in [0.1, 0.15) is 259 Å². The maximum atomic E-state index is 12.8. The molecule has 0 aliphatic carbocycles. The van der Waals surface area contributed by atoms with Crippen molar-refractivity contribution >= 4 is 35.8 Å². The number of aliphatic hydroxyl groups excluding tert-OH is 2. The van der Waals surface area contributed by atoms with Crippen LogP contribution in [0.4, 0.5) is 0 Å². The fraction of sp³-hybridized carbons (Fsp3) is 0.903. The first-order chi connectivity index (χ1) is 37.3. The average molecular weight is 1120 g/mol. The molecule has 0 amide bonds. The zero-order valence-electron chi connectivity index (χ0n) is 51.1. The quantitative estimate of drug-likeness (QED) is 0.0252. The number of ether oxygens (including phenoxy) is 6. The standard InChI is InChI=1S/C62H118N2O14/c1-9-11-31-41-57(77-61(71)51-63(5,6)45-49-73-53(3)65)55(67)39-33-25-19-13-15-21-27-35-43-59(69)75-47-37-29-23-17-18-24-30-38-48-76-60(70)44-36-28-22-16-14-20-26-34-40-56(68)58(42-32-12-10-2)78-62(72)52-64(7,8)46-50-74-54(4)66/h55-58,67-68H,9-52H2,1-8H3/q+2. The lowest BCUT2D eigenvalue weighted by Gasteiger charge is -2.30. The number of likely N-dealkylation sites (N-methyl/N-ethyl adjacent to an activating group) is 2. The van der Waals surface area contributed by atoms with Crippen LogP contribution in [0.2, 0.25) is 0 Å². The van der Waals surface area contributed by atoms with E-state index in [4.69, 9.17) is 28.4 Å². The summed E-state index contributed by atoms with van der Waals surface area (Å²) >= 11 is 0. The summed E-state index contributed by atoms with van der Waals surface area (Å²) in [4.78, 5) is 72.2. The summed E-state index contributed by atoms with van der Waals surface area (Å²) in [5.41, 5.74) is 0. The molecule has 0 spiro atoms. The number of carbonyl (C=O) groups excluding carboxylic acids is 6. The molecular formula is C62H118N2O14+2. The Morgan fingerprint density at radius 3 is 0.936 bits per heavy atom. The van der Waals surface area contributed by atoms with Crippen molar-refractivity contribution in [3.8, 4) is 0 Å². The van der Waals surface area contributed by atoms with E-state index in [-0.39, 0.29) is 62.1 Å². The fourth-order valence-corrected chi connectivity index (χ4v) is 9.51. The van der Waals surface area contributed by atoms with E-state index in [1.54, 1.807) is 0 Å². The van der Waals surface area contributed by atoms with E-state index in [2.05, 4.69) is 13.8 Å². The Labute approximate surface area is 474 Å². The highest BCUT2D eigenvalue weighted by Gasteiger charge is 2.29. The van der Waals surface area contributed by atoms with Crippen LogP contribution in [0.15, 0.2) is 0 Å². The van der Waals surface area contributed by atoms with Gasteiger partial charge in [-0.2, -0.15) is 0 Å². The van der Waals surface area contributed by atoms with Crippen molar-refractivity contribution < 1.29 is 76.4 Å². The van der Waals surface area contributed by atoms with Gasteiger partial charge in [-0.25, -0.2) is 9.59 Å². The van der Waals surface area contributed by atoms with Gasteiger partial charge in [-0.3, -0.25) is 19.2 Å². The first-order valence-corrected chi connectivity index (χ1v) is 31.3. The molecule has 0 rings (SSSR count). The minimum Gasteiger partial charge on any atom is -0.466 e. The maximum Gasteiger partial charge on any atom is 0.362 e. The van der Waals surface area contributed by atoms with Crippen LogP contribution in [-0.2, 0) is 57.2 Å². The lowest BCUT2D eigenvalue weighted by Crippen LogP contribution is -2.47. The van der Waals surface area contributed by atoms with Gasteiger partial charge in [-0.05, 0) is 64.2 Å². The van der Waals surface area contributed by atoms with Gasteiger partial charge in [-0.1, -0.05) is 168 Å². The second-order valence-electron chi connectivity index (χ2n) is 23.5. The minimum absolute atomic E-state index is 0.0953. The van der Waals surface area contributed by atoms with Crippen molar-refractivity contribution in [2.45, 2.75) is 283 Å². The normalized spacial score (nSPS) is 13.3. The second-order valence-corrected chi connectivity index (χ2v) is 23.5. The Hall–Kier alpha value is -3.34. The van der Waals surface area contributed by atoms with Gasteiger partial charge in [0.1, 0.15) is 38.5 Å². The minimum atomic E-state index is -0.679. The molecule has 16 heteroatoms. The van der Waals surface area contributed by atoms with Gasteiger partial charge in [0.15, 0.2) is 13.1 Å². The van der Waals surface area contributed by atoms with E-state index < -0.39 is 24.4 Å². The molecule has 0 bridgehead atoms. The smallest absolute Gasteiger partial charge is 0.362 e. The molecular weight excluding hydrogens is 997 g/mol. The lowest BCUT2D eigenvalue weighted by molar-refractivity contribution is -0.883. The summed E-state index contributed by atoms with van der Waals surface area (Å²) in [6.07, 6.45) is 32.1. The lowest BCUT2D eigenvalue weighted by atomic mass is 10.00. The van der Waals surface area contributed by atoms with E-state index in [0.717, 1.165) is 193 Å². The predicted molar refractivity (Wildman–Crippen MR) is 308 cm³/mol. The third-order valence-corrected chi connectivity index (χ3v) is 14.6. The molecule has 16 nitrogen and oxygen atoms in total. The van der Waals surface area contributed by atoms with Gasteiger partial charge >= 0.3 is 35.8 Å². The summed E-state index contributed by atoms with van der Waals surface area (Å²) in [7, 11) is 7.59. The van der Waals surface area contributed by atoms with Crippen molar-refractivity contribution in [2.75, 3.05) is 80.8 Å². The summed E-state index contributed by atoms with van der Waals surface area (Å²) in [6, 6.07) is 0. The number of hydrogen-bond acceptors (Lipinski definition) is 14. The van der Waals surface area contributed by atoms with Crippen LogP contribution in [0.25, 0.3) is 0 Å². The van der Waals surface area contributed by atoms with Crippen LogP contribution in [-0.4, -0.2) is 160 Å². The number of carbonyl (C=O) groups is 6.